The smallest absolute Gasteiger partial charge is 0.258 e. The number of amides is 1. The lowest BCUT2D eigenvalue weighted by atomic mass is 9.99. The van der Waals surface area contributed by atoms with E-state index in [-0.39, 0.29) is 34.2 Å². The molecule has 0 aliphatic heterocycles. The molecule has 0 aliphatic carbocycles. The third-order valence-electron chi connectivity index (χ3n) is 3.17. The summed E-state index contributed by atoms with van der Waals surface area (Å²) in [6.45, 7) is 13.3. The normalized spacial score (nSPS) is 12.1. The van der Waals surface area contributed by atoms with E-state index in [0.717, 1.165) is 0 Å². The quantitative estimate of drug-likeness (QED) is 0.317. The molecule has 1 rings (SSSR count). The van der Waals surface area contributed by atoms with Crippen molar-refractivity contribution in [1.82, 2.24) is 5.32 Å². The number of ether oxygens (including phenoxy) is 2. The summed E-state index contributed by atoms with van der Waals surface area (Å²) in [5.74, 6) is -0.932. The van der Waals surface area contributed by atoms with Crippen LogP contribution >= 0.6 is 11.6 Å². The van der Waals surface area contributed by atoms with Gasteiger partial charge in [-0.3, -0.25) is 4.79 Å². The van der Waals surface area contributed by atoms with Crippen molar-refractivity contribution in [3.63, 3.8) is 0 Å². The highest BCUT2D eigenvalue weighted by Crippen LogP contribution is 2.23. The first kappa shape index (κ1) is 21.7. The second kappa shape index (κ2) is 9.38. The van der Waals surface area contributed by atoms with Gasteiger partial charge in [0.15, 0.2) is 11.6 Å². The summed E-state index contributed by atoms with van der Waals surface area (Å²) in [6.07, 6.45) is 0. The van der Waals surface area contributed by atoms with E-state index in [1.165, 1.54) is 19.2 Å². The predicted octanol–water partition coefficient (Wildman–Crippen LogP) is 4.18. The fourth-order valence-corrected chi connectivity index (χ4v) is 2.08. The average molecular weight is 383 g/mol. The highest BCUT2D eigenvalue weighted by Gasteiger charge is 2.21. The number of benzene rings is 1. The number of nitrogens with zero attached hydrogens (tertiary/aromatic N) is 1. The molecule has 0 radical (unpaired) electrons. The van der Waals surface area contributed by atoms with Gasteiger partial charge in [0.2, 0.25) is 5.88 Å². The Hall–Kier alpha value is -2.34. The van der Waals surface area contributed by atoms with Gasteiger partial charge in [-0.05, 0) is 29.8 Å². The average Bonchev–Trinajstić information content (AvgIpc) is 2.55. The van der Waals surface area contributed by atoms with Gasteiger partial charge in [-0.25, -0.2) is 9.38 Å². The number of carbonyl (C=O) groups excluding carboxylic acids is 1. The fraction of sp³-hybridized carbons (Fsp3) is 0.368. The maximum absolute atomic E-state index is 13.7. The summed E-state index contributed by atoms with van der Waals surface area (Å²) in [5.41, 5.74) is 0.394. The molecule has 0 saturated carbocycles. The zero-order valence-corrected chi connectivity index (χ0v) is 16.2. The van der Waals surface area contributed by atoms with Gasteiger partial charge in [-0.2, -0.15) is 0 Å². The van der Waals surface area contributed by atoms with E-state index in [1.54, 1.807) is 6.07 Å². The summed E-state index contributed by atoms with van der Waals surface area (Å²) < 4.78 is 24.2. The first-order valence-corrected chi connectivity index (χ1v) is 8.26. The van der Waals surface area contributed by atoms with Crippen LogP contribution in [0, 0.1) is 11.2 Å². The molecule has 0 bridgehead atoms. The second-order valence-electron chi connectivity index (χ2n) is 6.74. The van der Waals surface area contributed by atoms with Crippen LogP contribution in [-0.2, 0) is 16.1 Å². The molecule has 5 nitrogen and oxygen atoms in total. The van der Waals surface area contributed by atoms with E-state index in [0.29, 0.717) is 12.2 Å². The Kier molecular flexibility index (Phi) is 7.83. The third kappa shape index (κ3) is 6.52. The number of methoxy groups -OCH3 is 1. The van der Waals surface area contributed by atoms with Crippen LogP contribution in [0.3, 0.4) is 0 Å². The SMILES string of the molecule is C=N/C(OCC(C)(C)C)=C(\C(=C)Cl)C(=O)NCc1ccc(OC)c(F)c1. The van der Waals surface area contributed by atoms with Crippen molar-refractivity contribution in [1.29, 1.82) is 0 Å². The minimum Gasteiger partial charge on any atom is -0.494 e. The second-order valence-corrected chi connectivity index (χ2v) is 7.20. The molecule has 0 aromatic heterocycles. The number of hydrogen-bond donors (Lipinski definition) is 1. The molecular weight excluding hydrogens is 359 g/mol. The highest BCUT2D eigenvalue weighted by atomic mass is 35.5. The predicted molar refractivity (Wildman–Crippen MR) is 102 cm³/mol. The Labute approximate surface area is 158 Å². The van der Waals surface area contributed by atoms with Crippen molar-refractivity contribution in [3.05, 3.63) is 52.6 Å². The van der Waals surface area contributed by atoms with Crippen LogP contribution in [-0.4, -0.2) is 26.3 Å². The molecule has 0 saturated heterocycles. The van der Waals surface area contributed by atoms with Crippen LogP contribution in [0.2, 0.25) is 0 Å². The minimum atomic E-state index is -0.544. The number of carbonyl (C=O) groups is 1. The summed E-state index contributed by atoms with van der Waals surface area (Å²) >= 11 is 5.95. The van der Waals surface area contributed by atoms with E-state index in [2.05, 4.69) is 23.6 Å². The van der Waals surface area contributed by atoms with Crippen molar-refractivity contribution in [3.8, 4) is 5.75 Å². The third-order valence-corrected chi connectivity index (χ3v) is 3.36. The first-order chi connectivity index (χ1) is 12.1. The zero-order chi connectivity index (χ0) is 19.9. The molecule has 0 fully saturated rings. The van der Waals surface area contributed by atoms with Gasteiger partial charge in [0, 0.05) is 6.54 Å². The van der Waals surface area contributed by atoms with Crippen molar-refractivity contribution in [2.45, 2.75) is 27.3 Å². The maximum atomic E-state index is 13.7. The fourth-order valence-electron chi connectivity index (χ4n) is 1.91. The Morgan fingerprint density at radius 2 is 2.04 bits per heavy atom. The number of rotatable bonds is 8. The van der Waals surface area contributed by atoms with Gasteiger partial charge in [0.25, 0.3) is 5.91 Å². The van der Waals surface area contributed by atoms with E-state index < -0.39 is 11.7 Å². The number of aliphatic imine (C=N–C) groups is 1. The summed E-state index contributed by atoms with van der Waals surface area (Å²) in [4.78, 5) is 16.2. The zero-order valence-electron chi connectivity index (χ0n) is 15.5. The molecule has 0 unspecified atom stereocenters. The Balaban J connectivity index is 2.94. The van der Waals surface area contributed by atoms with Gasteiger partial charge in [0.05, 0.1) is 18.7 Å². The maximum Gasteiger partial charge on any atom is 0.258 e. The molecule has 1 N–H and O–H groups in total. The van der Waals surface area contributed by atoms with Crippen LogP contribution in [0.25, 0.3) is 0 Å². The molecule has 0 atom stereocenters. The summed E-state index contributed by atoms with van der Waals surface area (Å²) in [6, 6.07) is 4.40. The van der Waals surface area contributed by atoms with Crippen molar-refractivity contribution in [2.24, 2.45) is 10.4 Å². The lowest BCUT2D eigenvalue weighted by molar-refractivity contribution is -0.117. The molecule has 0 spiro atoms. The van der Waals surface area contributed by atoms with E-state index in [1.807, 2.05) is 20.8 Å². The molecule has 26 heavy (non-hydrogen) atoms. The highest BCUT2D eigenvalue weighted by molar-refractivity contribution is 6.35. The van der Waals surface area contributed by atoms with Gasteiger partial charge < -0.3 is 14.8 Å². The monoisotopic (exact) mass is 382 g/mol. The first-order valence-electron chi connectivity index (χ1n) is 7.88. The van der Waals surface area contributed by atoms with Gasteiger partial charge >= 0.3 is 0 Å². The number of nitrogens with one attached hydrogen (secondary N) is 1. The lowest BCUT2D eigenvalue weighted by Crippen LogP contribution is -2.26. The van der Waals surface area contributed by atoms with Gasteiger partial charge in [0.1, 0.15) is 5.57 Å². The van der Waals surface area contributed by atoms with Crippen LogP contribution in [0.1, 0.15) is 26.3 Å². The molecule has 142 valence electrons. The topological polar surface area (TPSA) is 59.9 Å². The van der Waals surface area contributed by atoms with Crippen LogP contribution < -0.4 is 10.1 Å². The number of hydrogen-bond acceptors (Lipinski definition) is 4. The summed E-state index contributed by atoms with van der Waals surface area (Å²) in [7, 11) is 1.38. The van der Waals surface area contributed by atoms with Crippen LogP contribution in [0.15, 0.2) is 46.3 Å². The van der Waals surface area contributed by atoms with E-state index in [9.17, 15) is 9.18 Å². The Bertz CT molecular complexity index is 724. The molecule has 0 aliphatic rings. The summed E-state index contributed by atoms with van der Waals surface area (Å²) in [5, 5.41) is 2.61. The largest absolute Gasteiger partial charge is 0.494 e. The Morgan fingerprint density at radius 1 is 1.38 bits per heavy atom. The van der Waals surface area contributed by atoms with E-state index in [4.69, 9.17) is 21.1 Å². The molecule has 1 aromatic rings. The molecule has 0 heterocycles. The minimum absolute atomic E-state index is 0.00154. The van der Waals surface area contributed by atoms with Crippen LogP contribution in [0.5, 0.6) is 5.75 Å². The Morgan fingerprint density at radius 3 is 2.50 bits per heavy atom. The molecular formula is C19H24ClFN2O3. The molecule has 7 heteroatoms. The lowest BCUT2D eigenvalue weighted by Gasteiger charge is -2.20. The van der Waals surface area contributed by atoms with Crippen molar-refractivity contribution >= 4 is 24.2 Å². The standard InChI is InChI=1S/C19H24ClFN2O3/c1-12(20)16(18(22-5)26-11-19(2,3)4)17(24)23-10-13-7-8-15(25-6)14(21)9-13/h7-9H,1,5,10-11H2,2-4,6H3,(H,23,24)/b18-16-. The van der Waals surface area contributed by atoms with Gasteiger partial charge in [-0.1, -0.05) is 45.0 Å². The van der Waals surface area contributed by atoms with Crippen LogP contribution in [0.4, 0.5) is 4.39 Å². The number of halogens is 2. The van der Waals surface area contributed by atoms with Crippen molar-refractivity contribution < 1.29 is 18.7 Å². The van der Waals surface area contributed by atoms with Gasteiger partial charge in [-0.15, -0.1) is 0 Å². The molecule has 1 aromatic carbocycles. The van der Waals surface area contributed by atoms with Crippen molar-refractivity contribution in [2.75, 3.05) is 13.7 Å². The molecule has 1 amide bonds. The van der Waals surface area contributed by atoms with E-state index >= 15 is 0 Å².